The number of anilines is 2. The van der Waals surface area contributed by atoms with Crippen molar-refractivity contribution in [3.63, 3.8) is 0 Å². The summed E-state index contributed by atoms with van der Waals surface area (Å²) >= 11 is 6.32. The fourth-order valence-corrected chi connectivity index (χ4v) is 4.46. The maximum absolute atomic E-state index is 13.1. The summed E-state index contributed by atoms with van der Waals surface area (Å²) in [7, 11) is 1.51. The molecule has 5 rings (SSSR count). The van der Waals surface area contributed by atoms with Crippen LogP contribution in [0, 0.1) is 0 Å². The molecule has 0 radical (unpaired) electrons. The molecule has 3 N–H and O–H groups in total. The highest BCUT2D eigenvalue weighted by atomic mass is 35.5. The highest BCUT2D eigenvalue weighted by Gasteiger charge is 2.29. The van der Waals surface area contributed by atoms with E-state index in [1.165, 1.54) is 25.4 Å². The van der Waals surface area contributed by atoms with Crippen LogP contribution in [0.5, 0.6) is 11.5 Å². The first-order valence-electron chi connectivity index (χ1n) is 11.4. The number of carbonyl (C=O) groups excluding carboxylic acids is 1. The van der Waals surface area contributed by atoms with E-state index in [2.05, 4.69) is 25.6 Å². The molecule has 1 aliphatic rings. The predicted octanol–water partition coefficient (Wildman–Crippen LogP) is 5.68. The predicted molar refractivity (Wildman–Crippen MR) is 135 cm³/mol. The first kappa shape index (κ1) is 24.5. The molecule has 0 fully saturated rings. The molecule has 0 saturated heterocycles. The molecule has 8 nitrogen and oxygen atoms in total. The third-order valence-electron chi connectivity index (χ3n) is 5.88. The fraction of sp³-hybridized carbons (Fsp3) is 0.192. The lowest BCUT2D eigenvalue weighted by atomic mass is 10.0. The van der Waals surface area contributed by atoms with Gasteiger partial charge in [-0.3, -0.25) is 9.78 Å². The van der Waals surface area contributed by atoms with Gasteiger partial charge in [0.05, 0.1) is 46.7 Å². The highest BCUT2D eigenvalue weighted by Crippen LogP contribution is 2.43. The molecular formula is C26H22ClF2N5O3. The Balaban J connectivity index is 1.55. The van der Waals surface area contributed by atoms with Crippen molar-refractivity contribution in [2.24, 2.45) is 0 Å². The zero-order chi connectivity index (χ0) is 25.9. The van der Waals surface area contributed by atoms with Crippen LogP contribution in [0.15, 0.2) is 54.9 Å². The molecule has 190 valence electrons. The Morgan fingerprint density at radius 3 is 2.84 bits per heavy atom. The molecule has 0 spiro atoms. The minimum absolute atomic E-state index is 0.0506. The quantitative estimate of drug-likeness (QED) is 0.273. The van der Waals surface area contributed by atoms with E-state index in [0.717, 1.165) is 5.69 Å². The number of aromatic amines is 1. The largest absolute Gasteiger partial charge is 0.493 e. The lowest BCUT2D eigenvalue weighted by Gasteiger charge is -2.17. The molecule has 1 aromatic carbocycles. The number of alkyl halides is 2. The Morgan fingerprint density at radius 2 is 2.03 bits per heavy atom. The van der Waals surface area contributed by atoms with E-state index >= 15 is 0 Å². The normalized spacial score (nSPS) is 12.7. The van der Waals surface area contributed by atoms with Gasteiger partial charge in [-0.15, -0.1) is 0 Å². The third kappa shape index (κ3) is 4.92. The number of carbonyl (C=O) groups is 1. The van der Waals surface area contributed by atoms with Crippen molar-refractivity contribution in [2.75, 3.05) is 19.0 Å². The number of ether oxygens (including phenoxy) is 2. The molecule has 11 heteroatoms. The van der Waals surface area contributed by atoms with Crippen molar-refractivity contribution in [3.05, 3.63) is 82.5 Å². The Labute approximate surface area is 216 Å². The van der Waals surface area contributed by atoms with Crippen LogP contribution in [-0.4, -0.2) is 34.5 Å². The maximum atomic E-state index is 13.1. The standard InChI is InChI=1S/C26H22ClF2N5O3/c1-36-24-16(27)5-3-6-18(24)34-23-21-17(9-11-31-26(21)35)33-22(23)15-8-10-30-12-20(15)37-13-14-4-2-7-19(32-14)25(28)29/h2-8,10,12,25,33-34H,9,11,13H2,1H3,(H,31,35). The van der Waals surface area contributed by atoms with Gasteiger partial charge in [0.15, 0.2) is 5.75 Å². The van der Waals surface area contributed by atoms with E-state index in [9.17, 15) is 13.6 Å². The number of amides is 1. The summed E-state index contributed by atoms with van der Waals surface area (Å²) in [6, 6.07) is 11.4. The second-order valence-corrected chi connectivity index (χ2v) is 8.60. The van der Waals surface area contributed by atoms with Crippen molar-refractivity contribution < 1.29 is 23.0 Å². The van der Waals surface area contributed by atoms with Crippen LogP contribution in [0.3, 0.4) is 0 Å². The van der Waals surface area contributed by atoms with Crippen LogP contribution in [0.4, 0.5) is 20.2 Å². The summed E-state index contributed by atoms with van der Waals surface area (Å²) in [6.45, 7) is 0.447. The van der Waals surface area contributed by atoms with Gasteiger partial charge >= 0.3 is 0 Å². The molecule has 4 heterocycles. The number of nitrogens with one attached hydrogen (secondary N) is 3. The number of rotatable bonds is 8. The second-order valence-electron chi connectivity index (χ2n) is 8.20. The van der Waals surface area contributed by atoms with Crippen molar-refractivity contribution in [1.82, 2.24) is 20.3 Å². The lowest BCUT2D eigenvalue weighted by Crippen LogP contribution is -2.31. The Bertz CT molecular complexity index is 1460. The van der Waals surface area contributed by atoms with E-state index < -0.39 is 6.43 Å². The number of benzene rings is 1. The first-order chi connectivity index (χ1) is 18.0. The van der Waals surface area contributed by atoms with Gasteiger partial charge in [0.1, 0.15) is 18.1 Å². The number of aromatic nitrogens is 3. The van der Waals surface area contributed by atoms with Crippen LogP contribution in [0.1, 0.15) is 33.9 Å². The Morgan fingerprint density at radius 1 is 1.19 bits per heavy atom. The Kier molecular flexibility index (Phi) is 6.91. The average Bonchev–Trinajstić information content (AvgIpc) is 3.27. The third-order valence-corrected chi connectivity index (χ3v) is 6.17. The van der Waals surface area contributed by atoms with Gasteiger partial charge in [0, 0.05) is 30.4 Å². The molecular weight excluding hydrogens is 504 g/mol. The van der Waals surface area contributed by atoms with Crippen molar-refractivity contribution >= 4 is 28.9 Å². The molecule has 0 bridgehead atoms. The van der Waals surface area contributed by atoms with E-state index in [1.54, 1.807) is 36.5 Å². The maximum Gasteiger partial charge on any atom is 0.280 e. The molecule has 0 unspecified atom stereocenters. The summed E-state index contributed by atoms with van der Waals surface area (Å²) < 4.78 is 37.6. The minimum atomic E-state index is -2.68. The number of H-pyrrole nitrogens is 1. The zero-order valence-electron chi connectivity index (χ0n) is 19.6. The van der Waals surface area contributed by atoms with Gasteiger partial charge in [-0.2, -0.15) is 0 Å². The van der Waals surface area contributed by atoms with E-state index in [0.29, 0.717) is 63.4 Å². The number of methoxy groups -OCH3 is 1. The number of fused-ring (bicyclic) bond motifs is 1. The fourth-order valence-electron chi connectivity index (χ4n) is 4.21. The van der Waals surface area contributed by atoms with Crippen molar-refractivity contribution in [3.8, 4) is 22.8 Å². The number of halogens is 3. The summed E-state index contributed by atoms with van der Waals surface area (Å²) in [5.74, 6) is 0.584. The van der Waals surface area contributed by atoms with Crippen LogP contribution in [0.25, 0.3) is 11.3 Å². The first-order valence-corrected chi connectivity index (χ1v) is 11.8. The van der Waals surface area contributed by atoms with Crippen LogP contribution in [-0.2, 0) is 13.0 Å². The zero-order valence-corrected chi connectivity index (χ0v) is 20.4. The van der Waals surface area contributed by atoms with Gasteiger partial charge in [-0.25, -0.2) is 13.8 Å². The molecule has 1 amide bonds. The van der Waals surface area contributed by atoms with Gasteiger partial charge in [-0.05, 0) is 30.3 Å². The molecule has 37 heavy (non-hydrogen) atoms. The number of para-hydroxylation sites is 1. The van der Waals surface area contributed by atoms with E-state index in [4.69, 9.17) is 21.1 Å². The summed E-state index contributed by atoms with van der Waals surface area (Å²) in [5.41, 5.74) is 3.55. The van der Waals surface area contributed by atoms with Crippen LogP contribution >= 0.6 is 11.6 Å². The minimum Gasteiger partial charge on any atom is -0.493 e. The van der Waals surface area contributed by atoms with Gasteiger partial charge in [-0.1, -0.05) is 23.7 Å². The lowest BCUT2D eigenvalue weighted by molar-refractivity contribution is 0.0946. The molecule has 0 saturated carbocycles. The molecule has 1 aliphatic heterocycles. The van der Waals surface area contributed by atoms with Crippen LogP contribution < -0.4 is 20.1 Å². The summed E-state index contributed by atoms with van der Waals surface area (Å²) in [5, 5.41) is 6.60. The summed E-state index contributed by atoms with van der Waals surface area (Å²) in [4.78, 5) is 24.4. The van der Waals surface area contributed by atoms with Gasteiger partial charge < -0.3 is 25.1 Å². The topological polar surface area (TPSA) is 101 Å². The van der Waals surface area contributed by atoms with E-state index in [1.807, 2.05) is 0 Å². The smallest absolute Gasteiger partial charge is 0.280 e. The van der Waals surface area contributed by atoms with Gasteiger partial charge in [0.25, 0.3) is 12.3 Å². The van der Waals surface area contributed by atoms with Crippen molar-refractivity contribution in [1.29, 1.82) is 0 Å². The van der Waals surface area contributed by atoms with Crippen LogP contribution in [0.2, 0.25) is 5.02 Å². The van der Waals surface area contributed by atoms with Gasteiger partial charge in [0.2, 0.25) is 0 Å². The summed E-state index contributed by atoms with van der Waals surface area (Å²) in [6.07, 6.45) is 1.05. The highest BCUT2D eigenvalue weighted by molar-refractivity contribution is 6.32. The Hall–Kier alpha value is -4.18. The number of nitrogens with zero attached hydrogens (tertiary/aromatic N) is 2. The monoisotopic (exact) mass is 525 g/mol. The number of hydrogen-bond donors (Lipinski definition) is 3. The van der Waals surface area contributed by atoms with Crippen molar-refractivity contribution in [2.45, 2.75) is 19.5 Å². The number of pyridine rings is 2. The molecule has 3 aromatic heterocycles. The number of hydrogen-bond acceptors (Lipinski definition) is 6. The molecule has 4 aromatic rings. The average molecular weight is 526 g/mol. The second kappa shape index (κ2) is 10.4. The SMILES string of the molecule is COc1c(Cl)cccc1Nc1c(-c2ccncc2OCc2cccc(C(F)F)n2)[nH]c2c1C(=O)NCC2. The van der Waals surface area contributed by atoms with E-state index in [-0.39, 0.29) is 18.2 Å². The molecule has 0 aliphatic carbocycles. The molecule has 0 atom stereocenters.